The molecule has 0 bridgehead atoms. The summed E-state index contributed by atoms with van der Waals surface area (Å²) < 4.78 is 34.4. The van der Waals surface area contributed by atoms with Gasteiger partial charge in [0.05, 0.1) is 11.1 Å². The molecule has 4 heterocycles. The normalized spacial score (nSPS) is 21.8. The largest absolute Gasteiger partial charge is 0.414 e. The summed E-state index contributed by atoms with van der Waals surface area (Å²) in [7, 11) is 0. The molecule has 1 aliphatic rings. The third-order valence-electron chi connectivity index (χ3n) is 5.79. The number of ether oxygens (including phenoxy) is 1. The van der Waals surface area contributed by atoms with Gasteiger partial charge in [-0.25, -0.2) is 9.03 Å². The van der Waals surface area contributed by atoms with Crippen molar-refractivity contribution in [3.8, 4) is 17.0 Å². The molecule has 4 aromatic heterocycles. The van der Waals surface area contributed by atoms with Gasteiger partial charge in [0, 0.05) is 30.2 Å². The monoisotopic (exact) mass is 428 g/mol. The van der Waals surface area contributed by atoms with Crippen molar-refractivity contribution in [1.29, 1.82) is 0 Å². The molecule has 0 radical (unpaired) electrons. The van der Waals surface area contributed by atoms with Gasteiger partial charge in [-0.1, -0.05) is 0 Å². The number of rotatable bonds is 5. The van der Waals surface area contributed by atoms with Crippen molar-refractivity contribution < 1.29 is 18.6 Å². The predicted octanol–water partition coefficient (Wildman–Crippen LogP) is 3.75. The molecule has 0 saturated heterocycles. The van der Waals surface area contributed by atoms with E-state index in [4.69, 9.17) is 4.74 Å². The van der Waals surface area contributed by atoms with E-state index < -0.39 is 12.2 Å². The van der Waals surface area contributed by atoms with Gasteiger partial charge in [0.25, 0.3) is 0 Å². The molecule has 0 atom stereocenters. The number of hydrogen-bond donors (Lipinski definition) is 2. The van der Waals surface area contributed by atoms with Crippen LogP contribution in [0.3, 0.4) is 0 Å². The lowest BCUT2D eigenvalue weighted by Crippen LogP contribution is -2.36. The lowest BCUT2D eigenvalue weighted by molar-refractivity contribution is -0.0519. The Labute approximate surface area is 176 Å². The summed E-state index contributed by atoms with van der Waals surface area (Å²) in [6.45, 7) is -1.19. The summed E-state index contributed by atoms with van der Waals surface area (Å²) in [6.07, 6.45) is 7.96. The van der Waals surface area contributed by atoms with E-state index in [9.17, 15) is 13.9 Å². The number of aliphatic hydroxyl groups is 1. The van der Waals surface area contributed by atoms with Crippen LogP contribution >= 0.6 is 0 Å². The van der Waals surface area contributed by atoms with Crippen molar-refractivity contribution in [3.05, 3.63) is 42.9 Å². The topological polar surface area (TPSA) is 89.0 Å². The molecule has 1 saturated carbocycles. The van der Waals surface area contributed by atoms with Crippen LogP contribution in [0.5, 0.6) is 5.88 Å². The number of pyridine rings is 1. The Bertz CT molecular complexity index is 1230. The van der Waals surface area contributed by atoms with E-state index in [2.05, 4.69) is 20.5 Å². The van der Waals surface area contributed by atoms with Gasteiger partial charge in [-0.3, -0.25) is 0 Å². The summed E-state index contributed by atoms with van der Waals surface area (Å²) in [4.78, 5) is 4.26. The van der Waals surface area contributed by atoms with Gasteiger partial charge < -0.3 is 15.2 Å². The second kappa shape index (κ2) is 7.45. The molecular formula is C21H22F2N6O2. The lowest BCUT2D eigenvalue weighted by atomic mass is 9.84. The second-order valence-electron chi connectivity index (χ2n) is 8.17. The summed E-state index contributed by atoms with van der Waals surface area (Å²) in [6, 6.07) is 7.47. The molecule has 5 rings (SSSR count). The van der Waals surface area contributed by atoms with Crippen molar-refractivity contribution >= 4 is 17.0 Å². The fourth-order valence-electron chi connectivity index (χ4n) is 4.11. The molecular weight excluding hydrogens is 406 g/mol. The quantitative estimate of drug-likeness (QED) is 0.503. The number of halogens is 2. The summed E-state index contributed by atoms with van der Waals surface area (Å²) >= 11 is 0. The van der Waals surface area contributed by atoms with Gasteiger partial charge in [-0.2, -0.15) is 18.9 Å². The van der Waals surface area contributed by atoms with E-state index in [0.29, 0.717) is 23.9 Å². The smallest absolute Gasteiger partial charge is 0.388 e. The molecule has 1 aliphatic carbocycles. The van der Waals surface area contributed by atoms with Gasteiger partial charge in [0.2, 0.25) is 11.8 Å². The number of nitrogens with one attached hydrogen (secondary N) is 1. The van der Waals surface area contributed by atoms with Crippen LogP contribution in [0.4, 0.5) is 14.7 Å². The van der Waals surface area contributed by atoms with E-state index in [-0.39, 0.29) is 17.9 Å². The van der Waals surface area contributed by atoms with Crippen LogP contribution in [-0.4, -0.2) is 47.6 Å². The highest BCUT2D eigenvalue weighted by Crippen LogP contribution is 2.34. The molecule has 10 heteroatoms. The Morgan fingerprint density at radius 3 is 2.74 bits per heavy atom. The molecule has 2 N–H and O–H groups in total. The standard InChI is InChI=1S/C21H22F2N6O2/c1-21(30)7-2-14(3-8-21)25-20-26-18(31-19(22)23)17-16(6-11-29(17)27-20)13-5-10-28-15(12-13)4-9-24-28/h4-6,9-12,14,19,30H,2-3,7-8H2,1H3,(H,25,27)/t14-,21-. The molecule has 0 aromatic carbocycles. The SMILES string of the molecule is C[C@]1(O)CC[C@H](Nc2nc(OC(F)F)c3c(-c4ccn5nccc5c4)ccn3n2)CC1. The zero-order valence-corrected chi connectivity index (χ0v) is 16.9. The highest BCUT2D eigenvalue weighted by Gasteiger charge is 2.29. The summed E-state index contributed by atoms with van der Waals surface area (Å²) in [5.74, 6) is 0.0202. The van der Waals surface area contributed by atoms with Crippen LogP contribution in [0, 0.1) is 0 Å². The minimum atomic E-state index is -3.02. The third-order valence-corrected chi connectivity index (χ3v) is 5.79. The molecule has 0 spiro atoms. The first kappa shape index (κ1) is 19.7. The molecule has 0 amide bonds. The molecule has 0 aliphatic heterocycles. The van der Waals surface area contributed by atoms with Gasteiger partial charge in [-0.15, -0.1) is 5.10 Å². The number of aromatic nitrogens is 5. The fraction of sp³-hybridized carbons (Fsp3) is 0.381. The first-order valence-electron chi connectivity index (χ1n) is 10.1. The predicted molar refractivity (Wildman–Crippen MR) is 110 cm³/mol. The van der Waals surface area contributed by atoms with Crippen molar-refractivity contribution in [2.24, 2.45) is 0 Å². The molecule has 4 aromatic rings. The van der Waals surface area contributed by atoms with Crippen molar-refractivity contribution in [3.63, 3.8) is 0 Å². The van der Waals surface area contributed by atoms with Gasteiger partial charge in [0.1, 0.15) is 5.52 Å². The van der Waals surface area contributed by atoms with E-state index in [0.717, 1.165) is 23.9 Å². The summed E-state index contributed by atoms with van der Waals surface area (Å²) in [5, 5.41) is 22.0. The van der Waals surface area contributed by atoms with Gasteiger partial charge in [-0.05, 0) is 62.4 Å². The van der Waals surface area contributed by atoms with Crippen molar-refractivity contribution in [2.75, 3.05) is 5.32 Å². The van der Waals surface area contributed by atoms with E-state index in [1.54, 1.807) is 29.2 Å². The zero-order chi connectivity index (χ0) is 21.6. The zero-order valence-electron chi connectivity index (χ0n) is 16.9. The van der Waals surface area contributed by atoms with Crippen molar-refractivity contribution in [2.45, 2.75) is 50.9 Å². The Morgan fingerprint density at radius 2 is 1.97 bits per heavy atom. The fourth-order valence-corrected chi connectivity index (χ4v) is 4.11. The van der Waals surface area contributed by atoms with Crippen LogP contribution < -0.4 is 10.1 Å². The Kier molecular flexibility index (Phi) is 4.73. The summed E-state index contributed by atoms with van der Waals surface area (Å²) in [5.41, 5.74) is 2.06. The van der Waals surface area contributed by atoms with E-state index in [1.165, 1.54) is 4.52 Å². The maximum absolute atomic E-state index is 13.2. The second-order valence-corrected chi connectivity index (χ2v) is 8.17. The number of alkyl halides is 2. The van der Waals surface area contributed by atoms with Gasteiger partial charge >= 0.3 is 6.61 Å². The highest BCUT2D eigenvalue weighted by atomic mass is 19.3. The average molecular weight is 428 g/mol. The maximum Gasteiger partial charge on any atom is 0.388 e. The van der Waals surface area contributed by atoms with Crippen LogP contribution in [0.15, 0.2) is 42.9 Å². The average Bonchev–Trinajstić information content (AvgIpc) is 3.35. The number of hydrogen-bond acceptors (Lipinski definition) is 6. The van der Waals surface area contributed by atoms with Crippen LogP contribution in [0.2, 0.25) is 0 Å². The number of nitrogens with zero attached hydrogens (tertiary/aromatic N) is 5. The number of anilines is 1. The third kappa shape index (κ3) is 3.90. The Hall–Kier alpha value is -3.27. The molecule has 1 fully saturated rings. The van der Waals surface area contributed by atoms with Crippen molar-refractivity contribution in [1.82, 2.24) is 24.2 Å². The van der Waals surface area contributed by atoms with Crippen LogP contribution in [-0.2, 0) is 0 Å². The molecule has 0 unspecified atom stereocenters. The number of fused-ring (bicyclic) bond motifs is 2. The van der Waals surface area contributed by atoms with E-state index in [1.807, 2.05) is 25.1 Å². The molecule has 31 heavy (non-hydrogen) atoms. The van der Waals surface area contributed by atoms with Gasteiger partial charge in [0.15, 0.2) is 0 Å². The first-order valence-corrected chi connectivity index (χ1v) is 10.1. The van der Waals surface area contributed by atoms with Crippen LogP contribution in [0.25, 0.3) is 22.2 Å². The highest BCUT2D eigenvalue weighted by molar-refractivity contribution is 5.85. The lowest BCUT2D eigenvalue weighted by Gasteiger charge is -2.33. The van der Waals surface area contributed by atoms with Crippen LogP contribution in [0.1, 0.15) is 32.6 Å². The van der Waals surface area contributed by atoms with E-state index >= 15 is 0 Å². The maximum atomic E-state index is 13.2. The minimum absolute atomic E-state index is 0.0522. The minimum Gasteiger partial charge on any atom is -0.414 e. The first-order chi connectivity index (χ1) is 14.9. The molecule has 162 valence electrons. The Morgan fingerprint density at radius 1 is 1.19 bits per heavy atom. The Balaban J connectivity index is 1.52. The molecule has 8 nitrogen and oxygen atoms in total.